The lowest BCUT2D eigenvalue weighted by atomic mass is 10.2. The van der Waals surface area contributed by atoms with Gasteiger partial charge in [-0.2, -0.15) is 0 Å². The van der Waals surface area contributed by atoms with E-state index in [-0.39, 0.29) is 12.1 Å². The first kappa shape index (κ1) is 13.5. The predicted octanol–water partition coefficient (Wildman–Crippen LogP) is 1.01. The summed E-state index contributed by atoms with van der Waals surface area (Å²) in [5, 5.41) is 3.33. The van der Waals surface area contributed by atoms with E-state index in [4.69, 9.17) is 4.74 Å². The Kier molecular flexibility index (Phi) is 5.77. The molecular weight excluding hydrogens is 204 g/mol. The highest BCUT2D eigenvalue weighted by Gasteiger charge is 2.24. The molecule has 0 radical (unpaired) electrons. The van der Waals surface area contributed by atoms with E-state index in [9.17, 15) is 4.79 Å². The number of carbonyl (C=O) groups is 1. The van der Waals surface area contributed by atoms with Crippen LogP contribution in [0.2, 0.25) is 0 Å². The van der Waals surface area contributed by atoms with Gasteiger partial charge < -0.3 is 10.1 Å². The molecule has 1 aliphatic heterocycles. The summed E-state index contributed by atoms with van der Waals surface area (Å²) in [6.07, 6.45) is 2.19. The summed E-state index contributed by atoms with van der Waals surface area (Å²) < 4.78 is 5.19. The van der Waals surface area contributed by atoms with Crippen molar-refractivity contribution in [2.75, 3.05) is 26.2 Å². The highest BCUT2D eigenvalue weighted by atomic mass is 16.5. The second-order valence-corrected chi connectivity index (χ2v) is 4.66. The second kappa shape index (κ2) is 6.86. The maximum atomic E-state index is 11.6. The quantitative estimate of drug-likeness (QED) is 0.689. The molecule has 1 fully saturated rings. The van der Waals surface area contributed by atoms with Crippen LogP contribution in [0.1, 0.15) is 33.6 Å². The van der Waals surface area contributed by atoms with Crippen LogP contribution in [-0.2, 0) is 9.53 Å². The normalized spacial score (nSPS) is 20.7. The molecule has 1 atom stereocenters. The third-order valence-corrected chi connectivity index (χ3v) is 2.76. The third-order valence-electron chi connectivity index (χ3n) is 2.76. The van der Waals surface area contributed by atoms with Crippen molar-refractivity contribution in [3.05, 3.63) is 0 Å². The molecule has 1 N–H and O–H groups in total. The summed E-state index contributed by atoms with van der Waals surface area (Å²) >= 11 is 0. The molecule has 0 spiro atoms. The minimum Gasteiger partial charge on any atom is -0.462 e. The molecule has 1 heterocycles. The van der Waals surface area contributed by atoms with E-state index in [1.807, 2.05) is 13.8 Å². The van der Waals surface area contributed by atoms with Crippen molar-refractivity contribution in [3.63, 3.8) is 0 Å². The Balaban J connectivity index is 2.40. The van der Waals surface area contributed by atoms with E-state index < -0.39 is 0 Å². The Bertz CT molecular complexity index is 213. The van der Waals surface area contributed by atoms with Gasteiger partial charge in [0.2, 0.25) is 0 Å². The van der Waals surface area contributed by atoms with Crippen molar-refractivity contribution in [2.24, 2.45) is 0 Å². The number of esters is 1. The van der Waals surface area contributed by atoms with E-state index >= 15 is 0 Å². The van der Waals surface area contributed by atoms with Gasteiger partial charge in [-0.05, 0) is 39.8 Å². The molecule has 0 bridgehead atoms. The fourth-order valence-electron chi connectivity index (χ4n) is 2.10. The van der Waals surface area contributed by atoms with E-state index in [0.717, 1.165) is 32.5 Å². The lowest BCUT2D eigenvalue weighted by molar-refractivity contribution is -0.149. The highest BCUT2D eigenvalue weighted by Crippen LogP contribution is 2.09. The fourth-order valence-corrected chi connectivity index (χ4v) is 2.10. The van der Waals surface area contributed by atoms with Crippen molar-refractivity contribution < 1.29 is 9.53 Å². The van der Waals surface area contributed by atoms with Crippen LogP contribution in [0.25, 0.3) is 0 Å². The zero-order valence-corrected chi connectivity index (χ0v) is 10.7. The molecule has 94 valence electrons. The Morgan fingerprint density at radius 3 is 2.81 bits per heavy atom. The van der Waals surface area contributed by atoms with Gasteiger partial charge in [0.05, 0.1) is 12.6 Å². The molecular formula is C12H24N2O2. The Morgan fingerprint density at radius 1 is 1.56 bits per heavy atom. The Labute approximate surface area is 98.3 Å². The monoisotopic (exact) mass is 228 g/mol. The fraction of sp³-hybridized carbons (Fsp3) is 0.917. The van der Waals surface area contributed by atoms with E-state index in [1.165, 1.54) is 0 Å². The Hall–Kier alpha value is -0.610. The first-order valence-electron chi connectivity index (χ1n) is 6.27. The molecule has 0 saturated carbocycles. The maximum absolute atomic E-state index is 11.6. The molecule has 0 aliphatic carbocycles. The van der Waals surface area contributed by atoms with Gasteiger partial charge in [0.15, 0.2) is 0 Å². The van der Waals surface area contributed by atoms with Crippen LogP contribution in [0.15, 0.2) is 0 Å². The summed E-state index contributed by atoms with van der Waals surface area (Å²) in [6, 6.07) is 0.500. The summed E-state index contributed by atoms with van der Waals surface area (Å²) in [5.74, 6) is -0.102. The van der Waals surface area contributed by atoms with Crippen molar-refractivity contribution in [2.45, 2.75) is 45.8 Å². The van der Waals surface area contributed by atoms with Crippen molar-refractivity contribution >= 4 is 5.97 Å². The number of hydrogen-bond donors (Lipinski definition) is 1. The number of rotatable bonds is 6. The molecule has 1 unspecified atom stereocenters. The first-order chi connectivity index (χ1) is 7.63. The largest absolute Gasteiger partial charge is 0.462 e. The molecule has 0 aromatic heterocycles. The van der Waals surface area contributed by atoms with Gasteiger partial charge in [0, 0.05) is 12.6 Å². The van der Waals surface area contributed by atoms with Gasteiger partial charge in [-0.25, -0.2) is 0 Å². The van der Waals surface area contributed by atoms with Crippen LogP contribution in [0.3, 0.4) is 0 Å². The molecule has 4 heteroatoms. The second-order valence-electron chi connectivity index (χ2n) is 4.66. The molecule has 16 heavy (non-hydrogen) atoms. The first-order valence-corrected chi connectivity index (χ1v) is 6.27. The lowest BCUT2D eigenvalue weighted by Crippen LogP contribution is -2.41. The SMILES string of the molecule is CCCN(CC(=O)OC(C)C)C1CCNC1. The molecule has 0 amide bonds. The van der Waals surface area contributed by atoms with Gasteiger partial charge in [-0.1, -0.05) is 6.92 Å². The molecule has 1 rings (SSSR count). The maximum Gasteiger partial charge on any atom is 0.320 e. The zero-order valence-electron chi connectivity index (χ0n) is 10.7. The topological polar surface area (TPSA) is 41.6 Å². The standard InChI is InChI=1S/C12H24N2O2/c1-4-7-14(11-5-6-13-8-11)9-12(15)16-10(2)3/h10-11,13H,4-9H2,1-3H3. The van der Waals surface area contributed by atoms with E-state index in [0.29, 0.717) is 12.6 Å². The van der Waals surface area contributed by atoms with Crippen molar-refractivity contribution in [1.82, 2.24) is 10.2 Å². The molecule has 4 nitrogen and oxygen atoms in total. The van der Waals surface area contributed by atoms with Gasteiger partial charge in [-0.3, -0.25) is 9.69 Å². The molecule has 0 aromatic rings. The van der Waals surface area contributed by atoms with Crippen LogP contribution in [0, 0.1) is 0 Å². The summed E-state index contributed by atoms with van der Waals surface area (Å²) in [6.45, 7) is 9.37. The average Bonchev–Trinajstić information content (AvgIpc) is 2.68. The molecule has 0 aromatic carbocycles. The van der Waals surface area contributed by atoms with Crippen LogP contribution < -0.4 is 5.32 Å². The highest BCUT2D eigenvalue weighted by molar-refractivity contribution is 5.71. The van der Waals surface area contributed by atoms with Gasteiger partial charge in [-0.15, -0.1) is 0 Å². The number of nitrogens with zero attached hydrogens (tertiary/aromatic N) is 1. The minimum absolute atomic E-state index is 0.0160. The number of ether oxygens (including phenoxy) is 1. The van der Waals surface area contributed by atoms with Crippen LogP contribution in [-0.4, -0.2) is 49.2 Å². The van der Waals surface area contributed by atoms with Gasteiger partial charge >= 0.3 is 5.97 Å². The third kappa shape index (κ3) is 4.49. The van der Waals surface area contributed by atoms with Crippen LogP contribution >= 0.6 is 0 Å². The molecule has 1 aliphatic rings. The average molecular weight is 228 g/mol. The van der Waals surface area contributed by atoms with E-state index in [1.54, 1.807) is 0 Å². The summed E-state index contributed by atoms with van der Waals surface area (Å²) in [7, 11) is 0. The van der Waals surface area contributed by atoms with Crippen molar-refractivity contribution in [1.29, 1.82) is 0 Å². The number of nitrogens with one attached hydrogen (secondary N) is 1. The number of carbonyl (C=O) groups excluding carboxylic acids is 1. The number of hydrogen-bond acceptors (Lipinski definition) is 4. The van der Waals surface area contributed by atoms with Crippen LogP contribution in [0.4, 0.5) is 0 Å². The lowest BCUT2D eigenvalue weighted by Gasteiger charge is -2.27. The van der Waals surface area contributed by atoms with E-state index in [2.05, 4.69) is 17.1 Å². The zero-order chi connectivity index (χ0) is 12.0. The summed E-state index contributed by atoms with van der Waals surface area (Å²) in [5.41, 5.74) is 0. The van der Waals surface area contributed by atoms with Gasteiger partial charge in [0.1, 0.15) is 0 Å². The predicted molar refractivity (Wildman–Crippen MR) is 64.4 cm³/mol. The van der Waals surface area contributed by atoms with Crippen LogP contribution in [0.5, 0.6) is 0 Å². The summed E-state index contributed by atoms with van der Waals surface area (Å²) in [4.78, 5) is 13.9. The molecule has 1 saturated heterocycles. The van der Waals surface area contributed by atoms with Crippen molar-refractivity contribution in [3.8, 4) is 0 Å². The smallest absolute Gasteiger partial charge is 0.320 e. The minimum atomic E-state index is -0.102. The Morgan fingerprint density at radius 2 is 2.31 bits per heavy atom. The van der Waals surface area contributed by atoms with Gasteiger partial charge in [0.25, 0.3) is 0 Å².